The first-order valence-corrected chi connectivity index (χ1v) is 9.12. The fourth-order valence-corrected chi connectivity index (χ4v) is 7.48. The first kappa shape index (κ1) is 13.6. The van der Waals surface area contributed by atoms with Gasteiger partial charge in [0.15, 0.2) is 11.5 Å². The lowest BCUT2D eigenvalue weighted by Gasteiger charge is -2.55. The lowest BCUT2D eigenvalue weighted by molar-refractivity contribution is -0.120. The predicted octanol–water partition coefficient (Wildman–Crippen LogP) is 3.37. The summed E-state index contributed by atoms with van der Waals surface area (Å²) in [5.74, 6) is 2.60. The Morgan fingerprint density at radius 2 is 2.00 bits per heavy atom. The number of carbonyl (C=O) groups excluding carboxylic acids is 1. The molecule has 0 amide bonds. The van der Waals surface area contributed by atoms with E-state index in [0.717, 1.165) is 43.6 Å². The summed E-state index contributed by atoms with van der Waals surface area (Å²) < 4.78 is 0. The number of ketones is 1. The van der Waals surface area contributed by atoms with E-state index in [-0.39, 0.29) is 23.1 Å². The molecule has 0 radical (unpaired) electrons. The Balaban J connectivity index is 1.54. The van der Waals surface area contributed by atoms with Crippen molar-refractivity contribution in [3.63, 3.8) is 0 Å². The van der Waals surface area contributed by atoms with Gasteiger partial charge < -0.3 is 10.2 Å². The maximum atomic E-state index is 11.8. The van der Waals surface area contributed by atoms with E-state index < -0.39 is 0 Å². The Morgan fingerprint density at radius 1 is 1.18 bits per heavy atom. The van der Waals surface area contributed by atoms with Crippen LogP contribution in [0.4, 0.5) is 0 Å². The van der Waals surface area contributed by atoms with Crippen molar-refractivity contribution in [2.75, 3.05) is 0 Å². The highest BCUT2D eigenvalue weighted by atomic mass is 16.3. The van der Waals surface area contributed by atoms with Gasteiger partial charge in [-0.15, -0.1) is 0 Å². The number of aliphatic hydroxyl groups excluding tert-OH is 2. The van der Waals surface area contributed by atoms with Crippen molar-refractivity contribution in [2.45, 2.75) is 64.4 Å². The highest BCUT2D eigenvalue weighted by molar-refractivity contribution is 5.94. The van der Waals surface area contributed by atoms with E-state index in [2.05, 4.69) is 6.92 Å². The molecule has 0 unspecified atom stereocenters. The van der Waals surface area contributed by atoms with Gasteiger partial charge in [0.2, 0.25) is 0 Å². The highest BCUT2D eigenvalue weighted by Crippen LogP contribution is 2.81. The molecule has 3 nitrogen and oxygen atoms in total. The molecule has 0 bridgehead atoms. The number of allylic oxidation sites excluding steroid dienone is 1. The minimum absolute atomic E-state index is 0.0379. The molecule has 0 aromatic rings. The van der Waals surface area contributed by atoms with Crippen molar-refractivity contribution in [1.82, 2.24) is 0 Å². The molecule has 0 aromatic carbocycles. The van der Waals surface area contributed by atoms with Crippen LogP contribution in [0.2, 0.25) is 0 Å². The average Bonchev–Trinajstić information content (AvgIpc) is 3.16. The monoisotopic (exact) mass is 302 g/mol. The topological polar surface area (TPSA) is 57.5 Å². The maximum absolute atomic E-state index is 11.8. The van der Waals surface area contributed by atoms with Gasteiger partial charge in [-0.3, -0.25) is 4.79 Å². The molecule has 1 spiro atoms. The summed E-state index contributed by atoms with van der Waals surface area (Å²) in [5.41, 5.74) is 1.60. The van der Waals surface area contributed by atoms with Crippen LogP contribution >= 0.6 is 0 Å². The number of rotatable bonds is 0. The van der Waals surface area contributed by atoms with Crippen LogP contribution in [-0.2, 0) is 4.79 Å². The van der Waals surface area contributed by atoms with Gasteiger partial charge in [-0.25, -0.2) is 0 Å². The Morgan fingerprint density at radius 3 is 2.82 bits per heavy atom. The molecule has 120 valence electrons. The smallest absolute Gasteiger partial charge is 0.197 e. The van der Waals surface area contributed by atoms with Crippen LogP contribution in [0.5, 0.6) is 0 Å². The molecule has 3 heteroatoms. The van der Waals surface area contributed by atoms with Gasteiger partial charge >= 0.3 is 0 Å². The van der Waals surface area contributed by atoms with Crippen LogP contribution in [-0.4, -0.2) is 22.1 Å². The molecule has 0 aromatic heterocycles. The Labute approximate surface area is 131 Å². The lowest BCUT2D eigenvalue weighted by Crippen LogP contribution is -2.50. The number of fused-ring (bicyclic) bond motifs is 3. The number of carbonyl (C=O) groups is 1. The molecule has 2 N–H and O–H groups in total. The summed E-state index contributed by atoms with van der Waals surface area (Å²) in [4.78, 5) is 11.8. The molecular formula is C19H26O3. The van der Waals surface area contributed by atoms with E-state index in [1.807, 2.05) is 0 Å². The van der Waals surface area contributed by atoms with Crippen LogP contribution in [0, 0.1) is 34.5 Å². The SMILES string of the molecule is C[C@]12CC[C@H]3[C@@H](CCC4=C(O)C(=O)CC[C@@H]43)[C@]13C[C@@H]3C[C@H]2O. The largest absolute Gasteiger partial charge is 0.504 e. The van der Waals surface area contributed by atoms with Crippen molar-refractivity contribution < 1.29 is 15.0 Å². The minimum Gasteiger partial charge on any atom is -0.504 e. The van der Waals surface area contributed by atoms with Crippen molar-refractivity contribution in [1.29, 1.82) is 0 Å². The molecule has 0 heterocycles. The molecule has 0 aliphatic heterocycles. The zero-order chi connectivity index (χ0) is 15.3. The average molecular weight is 302 g/mol. The first-order chi connectivity index (χ1) is 10.5. The van der Waals surface area contributed by atoms with Crippen molar-refractivity contribution in [2.24, 2.45) is 34.5 Å². The zero-order valence-electron chi connectivity index (χ0n) is 13.3. The summed E-state index contributed by atoms with van der Waals surface area (Å²) in [7, 11) is 0. The third kappa shape index (κ3) is 1.32. The van der Waals surface area contributed by atoms with Gasteiger partial charge in [0.25, 0.3) is 0 Å². The summed E-state index contributed by atoms with van der Waals surface area (Å²) >= 11 is 0. The quantitative estimate of drug-likeness (QED) is 0.721. The summed E-state index contributed by atoms with van der Waals surface area (Å²) in [6, 6.07) is 0. The van der Waals surface area contributed by atoms with Crippen molar-refractivity contribution in [3.8, 4) is 0 Å². The van der Waals surface area contributed by atoms with Crippen LogP contribution in [0.1, 0.15) is 58.3 Å². The van der Waals surface area contributed by atoms with Gasteiger partial charge in [-0.1, -0.05) is 6.92 Å². The van der Waals surface area contributed by atoms with Crippen LogP contribution in [0.3, 0.4) is 0 Å². The number of aliphatic hydroxyl groups is 2. The molecule has 0 saturated heterocycles. The summed E-state index contributed by atoms with van der Waals surface area (Å²) in [5, 5.41) is 20.8. The predicted molar refractivity (Wildman–Crippen MR) is 82.1 cm³/mol. The number of Topliss-reactive ketones (excluding diaryl/α,β-unsaturated/α-hetero) is 1. The standard InChI is InChI=1S/C19H26O3/c1-18-7-6-12-11-3-5-15(20)17(22)13(11)2-4-14(12)19(18)9-10(19)8-16(18)21/h10-12,14,16,21-22H,2-9H2,1H3/t10-,11+,12+,14+,16+,18+,19+/m0/s1. The molecule has 5 aliphatic rings. The van der Waals surface area contributed by atoms with Crippen molar-refractivity contribution in [3.05, 3.63) is 11.3 Å². The molecule has 4 fully saturated rings. The molecule has 7 atom stereocenters. The van der Waals surface area contributed by atoms with Gasteiger partial charge in [0.1, 0.15) is 0 Å². The van der Waals surface area contributed by atoms with E-state index in [9.17, 15) is 15.0 Å². The molecule has 22 heavy (non-hydrogen) atoms. The van der Waals surface area contributed by atoms with E-state index in [1.165, 1.54) is 12.8 Å². The van der Waals surface area contributed by atoms with Gasteiger partial charge in [0.05, 0.1) is 6.10 Å². The summed E-state index contributed by atoms with van der Waals surface area (Å²) in [6.07, 6.45) is 8.02. The van der Waals surface area contributed by atoms with Gasteiger partial charge in [0, 0.05) is 6.42 Å². The second kappa shape index (κ2) is 3.98. The van der Waals surface area contributed by atoms with Gasteiger partial charge in [-0.2, -0.15) is 0 Å². The first-order valence-electron chi connectivity index (χ1n) is 9.12. The molecular weight excluding hydrogens is 276 g/mol. The second-order valence-electron chi connectivity index (χ2n) is 8.90. The molecule has 5 aliphatic carbocycles. The maximum Gasteiger partial charge on any atom is 0.197 e. The Bertz CT molecular complexity index is 593. The minimum atomic E-state index is -0.106. The highest BCUT2D eigenvalue weighted by Gasteiger charge is 2.77. The van der Waals surface area contributed by atoms with Crippen LogP contribution in [0.15, 0.2) is 11.3 Å². The fraction of sp³-hybridized carbons (Fsp3) is 0.842. The normalized spacial score (nSPS) is 56.1. The lowest BCUT2D eigenvalue weighted by atomic mass is 9.49. The zero-order valence-corrected chi connectivity index (χ0v) is 13.3. The summed E-state index contributed by atoms with van der Waals surface area (Å²) in [6.45, 7) is 2.34. The third-order valence-corrected chi connectivity index (χ3v) is 8.57. The van der Waals surface area contributed by atoms with Crippen LogP contribution < -0.4 is 0 Å². The fourth-order valence-electron chi connectivity index (χ4n) is 7.48. The Hall–Kier alpha value is -0.830. The Kier molecular flexibility index (Phi) is 2.46. The molecule has 4 saturated carbocycles. The number of hydrogen-bond acceptors (Lipinski definition) is 3. The molecule has 5 rings (SSSR count). The van der Waals surface area contributed by atoms with Gasteiger partial charge in [-0.05, 0) is 85.0 Å². The van der Waals surface area contributed by atoms with Crippen molar-refractivity contribution >= 4 is 5.78 Å². The van der Waals surface area contributed by atoms with E-state index in [0.29, 0.717) is 29.6 Å². The van der Waals surface area contributed by atoms with E-state index in [1.54, 1.807) is 0 Å². The van der Waals surface area contributed by atoms with E-state index in [4.69, 9.17) is 0 Å². The number of hydrogen-bond donors (Lipinski definition) is 2. The van der Waals surface area contributed by atoms with Crippen LogP contribution in [0.25, 0.3) is 0 Å². The second-order valence-corrected chi connectivity index (χ2v) is 8.90. The third-order valence-electron chi connectivity index (χ3n) is 8.57. The van der Waals surface area contributed by atoms with E-state index >= 15 is 0 Å².